The van der Waals surface area contributed by atoms with E-state index in [1.807, 2.05) is 6.08 Å². The van der Waals surface area contributed by atoms with E-state index in [1.54, 1.807) is 6.08 Å². The summed E-state index contributed by atoms with van der Waals surface area (Å²) in [6, 6.07) is -0.624. The van der Waals surface area contributed by atoms with Gasteiger partial charge in [-0.05, 0) is 57.8 Å². The number of carbonyl (C=O) groups is 1. The maximum atomic E-state index is 12.5. The van der Waals surface area contributed by atoms with Crippen LogP contribution in [-0.2, 0) is 4.79 Å². The summed E-state index contributed by atoms with van der Waals surface area (Å²) in [6.07, 6.45) is 85.9. The van der Waals surface area contributed by atoms with E-state index in [1.165, 1.54) is 289 Å². The van der Waals surface area contributed by atoms with E-state index >= 15 is 0 Å². The molecule has 70 heavy (non-hydrogen) atoms. The SMILES string of the molecule is CCCCCCC/C=C\C/C=C\C/C=C\CCCCCCCCCCCCCCCCCCC(=O)NC(CO)C(O)/C=C/CCCCCCCCCCCCCCCCCCCCCCCCCCC. The lowest BCUT2D eigenvalue weighted by Crippen LogP contribution is -2.45. The van der Waals surface area contributed by atoms with Crippen LogP contribution in [0.4, 0.5) is 0 Å². The highest BCUT2D eigenvalue weighted by atomic mass is 16.3. The van der Waals surface area contributed by atoms with Crippen molar-refractivity contribution in [2.45, 2.75) is 360 Å². The number of hydrogen-bond donors (Lipinski definition) is 3. The van der Waals surface area contributed by atoms with Crippen LogP contribution in [0.2, 0.25) is 0 Å². The van der Waals surface area contributed by atoms with Crippen LogP contribution in [0.1, 0.15) is 348 Å². The smallest absolute Gasteiger partial charge is 0.220 e. The Labute approximate surface area is 439 Å². The number of carbonyl (C=O) groups excluding carboxylic acids is 1. The first-order valence-corrected chi connectivity index (χ1v) is 31.9. The molecule has 0 aromatic carbocycles. The fourth-order valence-corrected chi connectivity index (χ4v) is 9.96. The number of aliphatic hydroxyl groups is 2. The van der Waals surface area contributed by atoms with E-state index < -0.39 is 12.1 Å². The second-order valence-corrected chi connectivity index (χ2v) is 21.8. The lowest BCUT2D eigenvalue weighted by molar-refractivity contribution is -0.123. The summed E-state index contributed by atoms with van der Waals surface area (Å²) < 4.78 is 0. The Balaban J connectivity index is 3.46. The van der Waals surface area contributed by atoms with Gasteiger partial charge in [-0.3, -0.25) is 4.79 Å². The quantitative estimate of drug-likeness (QED) is 0.0420. The molecule has 0 radical (unpaired) electrons. The Hall–Kier alpha value is -1.65. The van der Waals surface area contributed by atoms with Crippen molar-refractivity contribution in [2.24, 2.45) is 0 Å². The van der Waals surface area contributed by atoms with Crippen LogP contribution in [0.15, 0.2) is 48.6 Å². The molecule has 412 valence electrons. The van der Waals surface area contributed by atoms with Crippen molar-refractivity contribution < 1.29 is 15.0 Å². The predicted octanol–water partition coefficient (Wildman–Crippen LogP) is 21.4. The van der Waals surface area contributed by atoms with E-state index in [2.05, 4.69) is 55.6 Å². The molecule has 1 amide bonds. The number of aliphatic hydroxyl groups excluding tert-OH is 2. The Kier molecular flexibility index (Phi) is 60.2. The van der Waals surface area contributed by atoms with Gasteiger partial charge in [0, 0.05) is 6.42 Å². The molecular weight excluding hydrogens is 855 g/mol. The van der Waals surface area contributed by atoms with Crippen molar-refractivity contribution in [1.29, 1.82) is 0 Å². The van der Waals surface area contributed by atoms with Crippen LogP contribution in [0.3, 0.4) is 0 Å². The molecular formula is C66H125NO3. The number of amides is 1. The van der Waals surface area contributed by atoms with Crippen LogP contribution in [0, 0.1) is 0 Å². The molecule has 2 atom stereocenters. The molecule has 0 saturated carbocycles. The van der Waals surface area contributed by atoms with Gasteiger partial charge in [0.25, 0.3) is 0 Å². The van der Waals surface area contributed by atoms with Gasteiger partial charge < -0.3 is 15.5 Å². The molecule has 0 heterocycles. The van der Waals surface area contributed by atoms with E-state index in [-0.39, 0.29) is 12.5 Å². The highest BCUT2D eigenvalue weighted by molar-refractivity contribution is 5.76. The van der Waals surface area contributed by atoms with Gasteiger partial charge >= 0.3 is 0 Å². The Morgan fingerprint density at radius 3 is 0.871 bits per heavy atom. The number of nitrogens with one attached hydrogen (secondary N) is 1. The summed E-state index contributed by atoms with van der Waals surface area (Å²) in [5.41, 5.74) is 0. The van der Waals surface area contributed by atoms with Crippen molar-refractivity contribution >= 4 is 5.91 Å². The molecule has 0 saturated heterocycles. The number of rotatable bonds is 59. The first-order valence-electron chi connectivity index (χ1n) is 31.9. The Morgan fingerprint density at radius 1 is 0.343 bits per heavy atom. The summed E-state index contributed by atoms with van der Waals surface area (Å²) in [5.74, 6) is -0.0592. The average molecular weight is 981 g/mol. The van der Waals surface area contributed by atoms with Gasteiger partial charge in [-0.1, -0.05) is 332 Å². The third-order valence-corrected chi connectivity index (χ3v) is 14.8. The molecule has 2 unspecified atom stereocenters. The molecule has 0 bridgehead atoms. The number of hydrogen-bond acceptors (Lipinski definition) is 3. The fourth-order valence-electron chi connectivity index (χ4n) is 9.96. The minimum atomic E-state index is -0.841. The molecule has 0 spiro atoms. The molecule has 0 aliphatic heterocycles. The van der Waals surface area contributed by atoms with Gasteiger partial charge in [0.2, 0.25) is 5.91 Å². The fraction of sp³-hybridized carbons (Fsp3) is 0.864. The van der Waals surface area contributed by atoms with Crippen LogP contribution in [0.25, 0.3) is 0 Å². The van der Waals surface area contributed by atoms with E-state index in [9.17, 15) is 15.0 Å². The van der Waals surface area contributed by atoms with Crippen molar-refractivity contribution in [2.75, 3.05) is 6.61 Å². The van der Waals surface area contributed by atoms with Gasteiger partial charge in [-0.25, -0.2) is 0 Å². The van der Waals surface area contributed by atoms with E-state index in [4.69, 9.17) is 0 Å². The molecule has 0 rings (SSSR count). The summed E-state index contributed by atoms with van der Waals surface area (Å²) in [5, 5.41) is 23.3. The first-order chi connectivity index (χ1) is 34.7. The first kappa shape index (κ1) is 68.4. The molecule has 0 aliphatic rings. The minimum Gasteiger partial charge on any atom is -0.394 e. The number of unbranched alkanes of at least 4 members (excludes halogenated alkanes) is 46. The van der Waals surface area contributed by atoms with Crippen LogP contribution >= 0.6 is 0 Å². The summed E-state index contributed by atoms with van der Waals surface area (Å²) in [6.45, 7) is 4.33. The Morgan fingerprint density at radius 2 is 0.586 bits per heavy atom. The minimum absolute atomic E-state index is 0.0592. The average Bonchev–Trinajstić information content (AvgIpc) is 3.36. The van der Waals surface area contributed by atoms with Crippen molar-refractivity contribution in [3.8, 4) is 0 Å². The molecule has 0 aromatic rings. The molecule has 3 N–H and O–H groups in total. The van der Waals surface area contributed by atoms with Crippen molar-refractivity contribution in [1.82, 2.24) is 5.32 Å². The van der Waals surface area contributed by atoms with Gasteiger partial charge in [0.1, 0.15) is 0 Å². The second-order valence-electron chi connectivity index (χ2n) is 21.8. The maximum Gasteiger partial charge on any atom is 0.220 e. The second kappa shape index (κ2) is 61.6. The van der Waals surface area contributed by atoms with Gasteiger partial charge in [0.05, 0.1) is 18.8 Å². The summed E-state index contributed by atoms with van der Waals surface area (Å²) in [4.78, 5) is 12.5. The zero-order valence-corrected chi connectivity index (χ0v) is 47.6. The van der Waals surface area contributed by atoms with Crippen molar-refractivity contribution in [3.05, 3.63) is 48.6 Å². The zero-order valence-electron chi connectivity index (χ0n) is 47.6. The summed E-state index contributed by atoms with van der Waals surface area (Å²) >= 11 is 0. The molecule has 4 nitrogen and oxygen atoms in total. The van der Waals surface area contributed by atoms with Crippen LogP contribution in [0.5, 0.6) is 0 Å². The third kappa shape index (κ3) is 57.3. The topological polar surface area (TPSA) is 69.6 Å². The molecule has 0 aliphatic carbocycles. The highest BCUT2D eigenvalue weighted by Crippen LogP contribution is 2.18. The lowest BCUT2D eigenvalue weighted by Gasteiger charge is -2.20. The van der Waals surface area contributed by atoms with Crippen LogP contribution < -0.4 is 5.32 Å². The maximum absolute atomic E-state index is 12.5. The summed E-state index contributed by atoms with van der Waals surface area (Å²) in [7, 11) is 0. The van der Waals surface area contributed by atoms with E-state index in [0.29, 0.717) is 6.42 Å². The standard InChI is InChI=1S/C66H125NO3/c1-3-5-7-9-11-13-15-17-19-21-23-25-27-29-31-32-33-34-36-38-40-42-44-46-48-50-52-54-56-58-60-62-66(70)67-64(63-68)65(69)61-59-57-55-53-51-49-47-45-43-41-39-37-35-30-28-26-24-22-20-18-16-14-12-10-8-6-4-2/h15,17,21,23,27,29,59,61,64-65,68-69H,3-14,16,18-20,22,24-26,28,30-58,60,62-63H2,1-2H3,(H,67,70)/b17-15-,23-21-,29-27-,61-59+. The monoisotopic (exact) mass is 980 g/mol. The third-order valence-electron chi connectivity index (χ3n) is 14.8. The van der Waals surface area contributed by atoms with Crippen LogP contribution in [-0.4, -0.2) is 34.9 Å². The van der Waals surface area contributed by atoms with Gasteiger partial charge in [-0.2, -0.15) is 0 Å². The molecule has 0 fully saturated rings. The normalized spacial score (nSPS) is 13.0. The van der Waals surface area contributed by atoms with Gasteiger partial charge in [-0.15, -0.1) is 0 Å². The lowest BCUT2D eigenvalue weighted by atomic mass is 10.0. The molecule has 0 aromatic heterocycles. The molecule has 4 heteroatoms. The largest absolute Gasteiger partial charge is 0.394 e. The Bertz CT molecular complexity index is 1110. The van der Waals surface area contributed by atoms with Gasteiger partial charge in [0.15, 0.2) is 0 Å². The van der Waals surface area contributed by atoms with E-state index in [0.717, 1.165) is 38.5 Å². The highest BCUT2D eigenvalue weighted by Gasteiger charge is 2.18. The van der Waals surface area contributed by atoms with Crippen molar-refractivity contribution in [3.63, 3.8) is 0 Å². The zero-order chi connectivity index (χ0) is 50.6. The number of allylic oxidation sites excluding steroid dienone is 7. The predicted molar refractivity (Wildman–Crippen MR) is 313 cm³/mol.